The number of hydrogen-bond donors (Lipinski definition) is 2. The second-order valence-corrected chi connectivity index (χ2v) is 7.14. The van der Waals surface area contributed by atoms with Gasteiger partial charge in [-0.2, -0.15) is 0 Å². The zero-order chi connectivity index (χ0) is 17.5. The van der Waals surface area contributed by atoms with Crippen LogP contribution in [0.5, 0.6) is 0 Å². The van der Waals surface area contributed by atoms with Crippen molar-refractivity contribution >= 4 is 11.6 Å². The summed E-state index contributed by atoms with van der Waals surface area (Å²) in [5, 5.41) is 12.7. The monoisotopic (exact) mass is 330 g/mol. The Morgan fingerprint density at radius 2 is 2.17 bits per heavy atom. The van der Waals surface area contributed by atoms with Crippen LogP contribution in [0.25, 0.3) is 0 Å². The Hall–Kier alpha value is -1.84. The lowest BCUT2D eigenvalue weighted by molar-refractivity contribution is -0.122. The quantitative estimate of drug-likeness (QED) is 0.742. The van der Waals surface area contributed by atoms with Gasteiger partial charge in [0.1, 0.15) is 5.76 Å². The highest BCUT2D eigenvalue weighted by Gasteiger charge is 2.33. The van der Waals surface area contributed by atoms with Gasteiger partial charge in [0.2, 0.25) is 5.91 Å². The first-order chi connectivity index (χ1) is 11.5. The first-order valence-corrected chi connectivity index (χ1v) is 9.10. The summed E-state index contributed by atoms with van der Waals surface area (Å²) in [7, 11) is 0. The van der Waals surface area contributed by atoms with Crippen LogP contribution in [0.2, 0.25) is 0 Å². The third kappa shape index (κ3) is 5.08. The largest absolute Gasteiger partial charge is 0.508 e. The molecule has 2 rings (SSSR count). The summed E-state index contributed by atoms with van der Waals surface area (Å²) in [5.41, 5.74) is 2.21. The molecule has 0 aromatic rings. The van der Waals surface area contributed by atoms with Gasteiger partial charge in [-0.1, -0.05) is 33.3 Å². The van der Waals surface area contributed by atoms with Gasteiger partial charge >= 0.3 is 0 Å². The Morgan fingerprint density at radius 1 is 1.38 bits per heavy atom. The molecule has 24 heavy (non-hydrogen) atoms. The first-order valence-electron chi connectivity index (χ1n) is 9.10. The van der Waals surface area contributed by atoms with E-state index in [4.69, 9.17) is 4.99 Å². The fourth-order valence-corrected chi connectivity index (χ4v) is 3.32. The number of amides is 1. The molecule has 132 valence electrons. The highest BCUT2D eigenvalue weighted by Crippen LogP contribution is 2.32. The van der Waals surface area contributed by atoms with Crippen LogP contribution in [-0.2, 0) is 4.79 Å². The zero-order valence-electron chi connectivity index (χ0n) is 15.1. The first kappa shape index (κ1) is 18.5. The zero-order valence-corrected chi connectivity index (χ0v) is 15.1. The second kappa shape index (κ2) is 8.86. The van der Waals surface area contributed by atoms with E-state index in [1.807, 2.05) is 6.08 Å². The van der Waals surface area contributed by atoms with Gasteiger partial charge in [0.15, 0.2) is 0 Å². The molecule has 0 fully saturated rings. The van der Waals surface area contributed by atoms with Crippen LogP contribution in [0.1, 0.15) is 46.5 Å². The molecule has 0 spiro atoms. The highest BCUT2D eigenvalue weighted by molar-refractivity contribution is 6.05. The predicted molar refractivity (Wildman–Crippen MR) is 99.2 cm³/mol. The van der Waals surface area contributed by atoms with E-state index in [0.29, 0.717) is 30.4 Å². The molecule has 0 aromatic heterocycles. The van der Waals surface area contributed by atoms with Gasteiger partial charge in [-0.15, -0.1) is 0 Å². The number of carbonyl (C=O) groups is 1. The van der Waals surface area contributed by atoms with Crippen LogP contribution in [0, 0.1) is 17.8 Å². The van der Waals surface area contributed by atoms with Gasteiger partial charge in [-0.3, -0.25) is 9.79 Å². The van der Waals surface area contributed by atoms with Crippen LogP contribution in [0.4, 0.5) is 0 Å². The fourth-order valence-electron chi connectivity index (χ4n) is 3.32. The van der Waals surface area contributed by atoms with E-state index in [-0.39, 0.29) is 11.8 Å². The van der Waals surface area contributed by atoms with Crippen molar-refractivity contribution < 1.29 is 9.90 Å². The molecule has 0 saturated carbocycles. The molecule has 2 aliphatic rings. The number of allylic oxidation sites excluding steroid dienone is 5. The minimum absolute atomic E-state index is 0.135. The van der Waals surface area contributed by atoms with E-state index in [1.165, 1.54) is 0 Å². The number of aliphatic hydroxyl groups excluding tert-OH is 1. The molecule has 1 heterocycles. The van der Waals surface area contributed by atoms with Gasteiger partial charge in [0, 0.05) is 31.1 Å². The maximum atomic E-state index is 12.2. The molecule has 4 nitrogen and oxygen atoms in total. The topological polar surface area (TPSA) is 61.7 Å². The Bertz CT molecular complexity index is 570. The number of nitrogens with zero attached hydrogens (tertiary/aromatic N) is 1. The van der Waals surface area contributed by atoms with Crippen LogP contribution >= 0.6 is 0 Å². The maximum absolute atomic E-state index is 12.2. The lowest BCUT2D eigenvalue weighted by Gasteiger charge is -2.21. The van der Waals surface area contributed by atoms with E-state index in [1.54, 1.807) is 12.2 Å². The highest BCUT2D eigenvalue weighted by atomic mass is 16.3. The molecule has 4 heteroatoms. The molecular formula is C20H30N2O2. The van der Waals surface area contributed by atoms with Crippen molar-refractivity contribution in [1.82, 2.24) is 5.32 Å². The molecule has 2 atom stereocenters. The average Bonchev–Trinajstić information content (AvgIpc) is 2.78. The number of rotatable bonds is 7. The lowest BCUT2D eigenvalue weighted by atomic mass is 9.82. The lowest BCUT2D eigenvalue weighted by Crippen LogP contribution is -2.31. The Balaban J connectivity index is 2.03. The predicted octanol–water partition coefficient (Wildman–Crippen LogP) is 3.96. The van der Waals surface area contributed by atoms with Crippen LogP contribution in [0.3, 0.4) is 0 Å². The van der Waals surface area contributed by atoms with Crippen LogP contribution in [0.15, 0.2) is 40.6 Å². The van der Waals surface area contributed by atoms with Crippen molar-refractivity contribution in [2.24, 2.45) is 22.7 Å². The van der Waals surface area contributed by atoms with E-state index in [0.717, 1.165) is 37.2 Å². The van der Waals surface area contributed by atoms with Crippen LogP contribution in [-0.4, -0.2) is 29.8 Å². The minimum Gasteiger partial charge on any atom is -0.508 e. The standard InChI is InChI=1S/C20H30N2O2/c1-4-6-18-16(11-19(24)21-12-14(2)3)13-22-20(18)15-7-5-8-17(23)10-9-15/h7-10,14,16,18,23H,4-6,11-13H2,1-3H3,(H,21,24). The van der Waals surface area contributed by atoms with Crippen molar-refractivity contribution in [2.45, 2.75) is 46.5 Å². The smallest absolute Gasteiger partial charge is 0.220 e. The third-order valence-electron chi connectivity index (χ3n) is 4.57. The molecule has 2 N–H and O–H groups in total. The number of hydrogen-bond acceptors (Lipinski definition) is 3. The normalized spacial score (nSPS) is 23.6. The molecular weight excluding hydrogens is 300 g/mol. The van der Waals surface area contributed by atoms with Crippen LogP contribution < -0.4 is 5.32 Å². The van der Waals surface area contributed by atoms with Crippen molar-refractivity contribution in [3.05, 3.63) is 35.6 Å². The van der Waals surface area contributed by atoms with Crippen molar-refractivity contribution in [3.63, 3.8) is 0 Å². The average molecular weight is 330 g/mol. The van der Waals surface area contributed by atoms with E-state index < -0.39 is 0 Å². The summed E-state index contributed by atoms with van der Waals surface area (Å²) in [4.78, 5) is 17.0. The molecule has 0 radical (unpaired) electrons. The number of aliphatic imine (C=N–C) groups is 1. The molecule has 0 aromatic carbocycles. The van der Waals surface area contributed by atoms with E-state index >= 15 is 0 Å². The summed E-state index contributed by atoms with van der Waals surface area (Å²) in [5.74, 6) is 1.52. The van der Waals surface area contributed by atoms with Gasteiger partial charge in [0.25, 0.3) is 0 Å². The molecule has 0 saturated heterocycles. The van der Waals surface area contributed by atoms with Gasteiger partial charge < -0.3 is 10.4 Å². The van der Waals surface area contributed by atoms with Crippen molar-refractivity contribution in [2.75, 3.05) is 13.1 Å². The molecule has 1 amide bonds. The van der Waals surface area contributed by atoms with E-state index in [2.05, 4.69) is 32.2 Å². The summed E-state index contributed by atoms with van der Waals surface area (Å²) >= 11 is 0. The van der Waals surface area contributed by atoms with E-state index in [9.17, 15) is 9.90 Å². The minimum atomic E-state index is 0.135. The van der Waals surface area contributed by atoms with Gasteiger partial charge in [0.05, 0.1) is 0 Å². The Kier molecular flexibility index (Phi) is 6.83. The second-order valence-electron chi connectivity index (χ2n) is 7.14. The Labute approximate surface area is 145 Å². The van der Waals surface area contributed by atoms with Gasteiger partial charge in [-0.05, 0) is 48.5 Å². The summed E-state index contributed by atoms with van der Waals surface area (Å²) in [6.07, 6.45) is 11.0. The third-order valence-corrected chi connectivity index (χ3v) is 4.57. The number of aliphatic hydroxyl groups is 1. The SMILES string of the molecule is CCCC1C(C2=CCC=C(O)C=C2)=NCC1CC(=O)NCC(C)C. The van der Waals surface area contributed by atoms with Crippen molar-refractivity contribution in [3.8, 4) is 0 Å². The fraction of sp³-hybridized carbons (Fsp3) is 0.600. The summed E-state index contributed by atoms with van der Waals surface area (Å²) in [6.45, 7) is 7.84. The number of carbonyl (C=O) groups excluding carboxylic acids is 1. The van der Waals surface area contributed by atoms with Crippen molar-refractivity contribution in [1.29, 1.82) is 0 Å². The molecule has 0 bridgehead atoms. The Morgan fingerprint density at radius 3 is 2.88 bits per heavy atom. The maximum Gasteiger partial charge on any atom is 0.220 e. The molecule has 1 aliphatic carbocycles. The molecule has 1 aliphatic heterocycles. The summed E-state index contributed by atoms with van der Waals surface area (Å²) < 4.78 is 0. The van der Waals surface area contributed by atoms with Gasteiger partial charge in [-0.25, -0.2) is 0 Å². The number of nitrogens with one attached hydrogen (secondary N) is 1. The molecule has 2 unspecified atom stereocenters. The summed E-state index contributed by atoms with van der Waals surface area (Å²) in [6, 6.07) is 0.